The molecule has 5 saturated carbocycles. The summed E-state index contributed by atoms with van der Waals surface area (Å²) in [5.41, 5.74) is 0.570. The SMILES string of the molecule is O=C(O)C1CCC(OCC23CC4CC(CC(CCCCS(=O)(=O)O)(C4)C2)C3)C1. The van der Waals surface area contributed by atoms with Gasteiger partial charge in [-0.15, -0.1) is 0 Å². The van der Waals surface area contributed by atoms with Gasteiger partial charge >= 0.3 is 5.97 Å². The van der Waals surface area contributed by atoms with Gasteiger partial charge in [0.25, 0.3) is 10.1 Å². The van der Waals surface area contributed by atoms with Crippen molar-refractivity contribution in [1.82, 2.24) is 0 Å². The van der Waals surface area contributed by atoms with E-state index >= 15 is 0 Å². The van der Waals surface area contributed by atoms with Crippen LogP contribution in [0, 0.1) is 28.6 Å². The fraction of sp³-hybridized carbons (Fsp3) is 0.952. The minimum Gasteiger partial charge on any atom is -0.481 e. The van der Waals surface area contributed by atoms with Gasteiger partial charge in [0.2, 0.25) is 0 Å². The predicted molar refractivity (Wildman–Crippen MR) is 105 cm³/mol. The molecule has 4 unspecified atom stereocenters. The lowest BCUT2D eigenvalue weighted by atomic mass is 9.43. The monoisotopic (exact) mass is 414 g/mol. The Balaban J connectivity index is 1.34. The molecule has 5 rings (SSSR count). The number of ether oxygens (including phenoxy) is 1. The zero-order valence-corrected chi connectivity index (χ0v) is 17.5. The van der Waals surface area contributed by atoms with Crippen molar-refractivity contribution >= 4 is 16.1 Å². The smallest absolute Gasteiger partial charge is 0.306 e. The highest BCUT2D eigenvalue weighted by atomic mass is 32.2. The van der Waals surface area contributed by atoms with Gasteiger partial charge in [-0.05, 0) is 93.3 Å². The Morgan fingerprint density at radius 2 is 1.68 bits per heavy atom. The van der Waals surface area contributed by atoms with E-state index in [1.54, 1.807) is 0 Å². The van der Waals surface area contributed by atoms with E-state index in [0.29, 0.717) is 18.3 Å². The first-order valence-corrected chi connectivity index (χ1v) is 12.6. The molecular weight excluding hydrogens is 380 g/mol. The molecule has 4 atom stereocenters. The van der Waals surface area contributed by atoms with Gasteiger partial charge in [-0.2, -0.15) is 8.42 Å². The predicted octanol–water partition coefficient (Wildman–Crippen LogP) is 3.90. The molecule has 0 heterocycles. The first kappa shape index (κ1) is 20.6. The molecule has 5 aliphatic carbocycles. The largest absolute Gasteiger partial charge is 0.481 e. The normalized spacial score (nSPS) is 42.2. The molecule has 5 fully saturated rings. The second-order valence-electron chi connectivity index (χ2n) is 10.5. The van der Waals surface area contributed by atoms with Gasteiger partial charge in [0.1, 0.15) is 0 Å². The maximum atomic E-state index is 11.2. The number of unbranched alkanes of at least 4 members (excludes halogenated alkanes) is 1. The topological polar surface area (TPSA) is 101 Å². The Labute approximate surface area is 168 Å². The Hall–Kier alpha value is -0.660. The lowest BCUT2D eigenvalue weighted by Gasteiger charge is -2.62. The van der Waals surface area contributed by atoms with Gasteiger partial charge < -0.3 is 9.84 Å². The third kappa shape index (κ3) is 4.57. The average Bonchev–Trinajstić information content (AvgIpc) is 3.05. The molecule has 160 valence electrons. The molecule has 0 aliphatic heterocycles. The minimum atomic E-state index is -3.86. The Morgan fingerprint density at radius 3 is 2.29 bits per heavy atom. The molecule has 0 aromatic carbocycles. The summed E-state index contributed by atoms with van der Waals surface area (Å²) in [5, 5.41) is 9.21. The van der Waals surface area contributed by atoms with Gasteiger partial charge in [-0.3, -0.25) is 9.35 Å². The Bertz CT molecular complexity index is 688. The van der Waals surface area contributed by atoms with E-state index in [4.69, 9.17) is 9.29 Å². The van der Waals surface area contributed by atoms with E-state index in [2.05, 4.69) is 0 Å². The van der Waals surface area contributed by atoms with Crippen molar-refractivity contribution < 1.29 is 27.6 Å². The first-order valence-electron chi connectivity index (χ1n) is 11.0. The molecule has 5 aliphatic rings. The summed E-state index contributed by atoms with van der Waals surface area (Å²) in [5.74, 6) is 0.472. The fourth-order valence-electron chi connectivity index (χ4n) is 7.51. The van der Waals surface area contributed by atoms with Gasteiger partial charge in [0, 0.05) is 0 Å². The summed E-state index contributed by atoms with van der Waals surface area (Å²) in [6.07, 6.45) is 12.3. The van der Waals surface area contributed by atoms with Crippen molar-refractivity contribution in [3.63, 3.8) is 0 Å². The van der Waals surface area contributed by atoms with Crippen molar-refractivity contribution in [2.45, 2.75) is 83.2 Å². The molecule has 4 bridgehead atoms. The van der Waals surface area contributed by atoms with Crippen LogP contribution >= 0.6 is 0 Å². The van der Waals surface area contributed by atoms with Crippen LogP contribution in [0.15, 0.2) is 0 Å². The highest BCUT2D eigenvalue weighted by Crippen LogP contribution is 2.66. The zero-order chi connectivity index (χ0) is 20.0. The Morgan fingerprint density at radius 1 is 1.00 bits per heavy atom. The van der Waals surface area contributed by atoms with E-state index in [-0.39, 0.29) is 23.2 Å². The maximum absolute atomic E-state index is 11.2. The van der Waals surface area contributed by atoms with Gasteiger partial charge in [-0.25, -0.2) is 0 Å². The molecule has 0 amide bonds. The standard InChI is InChI=1S/C21H34O6S/c22-19(23)17-3-4-18(8-17)27-14-21-11-15-7-16(12-21)10-20(9-15,13-21)5-1-2-6-28(24,25)26/h15-18H,1-14H2,(H,22,23)(H,24,25,26). The summed E-state index contributed by atoms with van der Waals surface area (Å²) in [6.45, 7) is 0.768. The third-order valence-corrected chi connectivity index (χ3v) is 8.83. The molecule has 28 heavy (non-hydrogen) atoms. The van der Waals surface area contributed by atoms with Crippen molar-refractivity contribution in [3.05, 3.63) is 0 Å². The van der Waals surface area contributed by atoms with Crippen LogP contribution in [0.25, 0.3) is 0 Å². The number of rotatable bonds is 9. The van der Waals surface area contributed by atoms with Gasteiger partial charge in [-0.1, -0.05) is 6.42 Å². The number of carboxylic acid groups (broad SMARTS) is 1. The van der Waals surface area contributed by atoms with Gasteiger partial charge in [0.15, 0.2) is 0 Å². The second-order valence-corrected chi connectivity index (χ2v) is 12.1. The lowest BCUT2D eigenvalue weighted by molar-refractivity contribution is -0.152. The summed E-state index contributed by atoms with van der Waals surface area (Å²) in [4.78, 5) is 11.2. The van der Waals surface area contributed by atoms with Crippen LogP contribution in [-0.4, -0.2) is 42.5 Å². The van der Waals surface area contributed by atoms with Crippen molar-refractivity contribution in [2.75, 3.05) is 12.4 Å². The highest BCUT2D eigenvalue weighted by Gasteiger charge is 2.57. The van der Waals surface area contributed by atoms with Gasteiger partial charge in [0.05, 0.1) is 24.4 Å². The second kappa shape index (κ2) is 7.55. The van der Waals surface area contributed by atoms with Crippen LogP contribution < -0.4 is 0 Å². The summed E-state index contributed by atoms with van der Waals surface area (Å²) in [7, 11) is -3.86. The molecule has 0 radical (unpaired) electrons. The van der Waals surface area contributed by atoms with E-state index in [9.17, 15) is 18.3 Å². The van der Waals surface area contributed by atoms with E-state index in [0.717, 1.165) is 44.1 Å². The average molecular weight is 415 g/mol. The molecule has 6 nitrogen and oxygen atoms in total. The van der Waals surface area contributed by atoms with E-state index in [1.807, 2.05) is 0 Å². The van der Waals surface area contributed by atoms with E-state index in [1.165, 1.54) is 38.5 Å². The Kier molecular flexibility index (Phi) is 5.55. The minimum absolute atomic E-state index is 0.0971. The molecule has 2 N–H and O–H groups in total. The summed E-state index contributed by atoms with van der Waals surface area (Å²) in [6, 6.07) is 0. The lowest BCUT2D eigenvalue weighted by Crippen LogP contribution is -2.53. The highest BCUT2D eigenvalue weighted by molar-refractivity contribution is 7.85. The van der Waals surface area contributed by atoms with Crippen LogP contribution in [0.4, 0.5) is 0 Å². The summed E-state index contributed by atoms with van der Waals surface area (Å²) < 4.78 is 37.2. The quantitative estimate of drug-likeness (QED) is 0.438. The molecule has 0 aromatic rings. The number of hydrogen-bond donors (Lipinski definition) is 2. The summed E-state index contributed by atoms with van der Waals surface area (Å²) >= 11 is 0. The zero-order valence-electron chi connectivity index (χ0n) is 16.6. The number of carbonyl (C=O) groups is 1. The van der Waals surface area contributed by atoms with Crippen LogP contribution in [0.3, 0.4) is 0 Å². The molecule has 7 heteroatoms. The van der Waals surface area contributed by atoms with Crippen molar-refractivity contribution in [1.29, 1.82) is 0 Å². The number of carboxylic acids is 1. The van der Waals surface area contributed by atoms with E-state index < -0.39 is 16.1 Å². The third-order valence-electron chi connectivity index (χ3n) is 8.02. The molecule has 0 spiro atoms. The van der Waals surface area contributed by atoms with Crippen LogP contribution in [0.5, 0.6) is 0 Å². The number of aliphatic carboxylic acids is 1. The van der Waals surface area contributed by atoms with Crippen LogP contribution in [0.2, 0.25) is 0 Å². The maximum Gasteiger partial charge on any atom is 0.306 e. The van der Waals surface area contributed by atoms with Crippen LogP contribution in [0.1, 0.15) is 77.0 Å². The molecular formula is C21H34O6S. The fourth-order valence-corrected chi connectivity index (χ4v) is 8.07. The first-order chi connectivity index (χ1) is 13.2. The van der Waals surface area contributed by atoms with Crippen molar-refractivity contribution in [2.24, 2.45) is 28.6 Å². The molecule has 0 aromatic heterocycles. The van der Waals surface area contributed by atoms with Crippen molar-refractivity contribution in [3.8, 4) is 0 Å². The van der Waals surface area contributed by atoms with Crippen LogP contribution in [-0.2, 0) is 19.6 Å². The molecule has 0 saturated heterocycles. The number of hydrogen-bond acceptors (Lipinski definition) is 4.